The van der Waals surface area contributed by atoms with Crippen LogP contribution in [0.1, 0.15) is 63.6 Å². The number of hydrogen-bond donors (Lipinski definition) is 0. The van der Waals surface area contributed by atoms with Crippen LogP contribution in [0.3, 0.4) is 0 Å². The molecule has 43 heavy (non-hydrogen) atoms. The van der Waals surface area contributed by atoms with Gasteiger partial charge >= 0.3 is 5.69 Å². The van der Waals surface area contributed by atoms with Crippen molar-refractivity contribution in [3.63, 3.8) is 0 Å². The van der Waals surface area contributed by atoms with Crippen LogP contribution in [-0.4, -0.2) is 49.3 Å². The summed E-state index contributed by atoms with van der Waals surface area (Å²) in [7, 11) is 0. The van der Waals surface area contributed by atoms with Crippen LogP contribution in [0.25, 0.3) is 22.6 Å². The lowest BCUT2D eigenvalue weighted by atomic mass is 9.84. The Morgan fingerprint density at radius 3 is 2.51 bits per heavy atom. The molecule has 0 spiro atoms. The molecule has 1 atom stereocenters. The van der Waals surface area contributed by atoms with Gasteiger partial charge in [0, 0.05) is 37.9 Å². The van der Waals surface area contributed by atoms with Crippen LogP contribution in [-0.2, 0) is 29.1 Å². The van der Waals surface area contributed by atoms with Gasteiger partial charge in [-0.05, 0) is 69.9 Å². The van der Waals surface area contributed by atoms with Crippen molar-refractivity contribution >= 4 is 11.2 Å². The second kappa shape index (κ2) is 12.9. The van der Waals surface area contributed by atoms with Crippen molar-refractivity contribution in [2.75, 3.05) is 13.2 Å². The van der Waals surface area contributed by atoms with E-state index >= 15 is 0 Å². The van der Waals surface area contributed by atoms with Crippen LogP contribution in [0.5, 0.6) is 5.88 Å². The quantitative estimate of drug-likeness (QED) is 0.230. The predicted octanol–water partition coefficient (Wildman–Crippen LogP) is 4.91. The normalized spacial score (nSPS) is 20.3. The zero-order valence-corrected chi connectivity index (χ0v) is 25.3. The van der Waals surface area contributed by atoms with Crippen molar-refractivity contribution in [1.82, 2.24) is 23.7 Å². The molecule has 0 N–H and O–H groups in total. The summed E-state index contributed by atoms with van der Waals surface area (Å²) in [4.78, 5) is 37.4. The Morgan fingerprint density at radius 1 is 1.00 bits per heavy atom. The molecule has 1 aromatic carbocycles. The van der Waals surface area contributed by atoms with Crippen LogP contribution in [0.4, 0.5) is 0 Å². The molecule has 1 saturated carbocycles. The topological polar surface area (TPSA) is 102 Å². The second-order valence-corrected chi connectivity index (χ2v) is 11.8. The number of ether oxygens (including phenoxy) is 3. The van der Waals surface area contributed by atoms with Crippen LogP contribution >= 0.6 is 0 Å². The lowest BCUT2D eigenvalue weighted by molar-refractivity contribution is -0.163. The molecule has 0 bridgehead atoms. The number of benzene rings is 1. The minimum atomic E-state index is -0.363. The summed E-state index contributed by atoms with van der Waals surface area (Å²) in [5.74, 6) is 1.88. The SMILES string of the molecule is CCn1c(=O)n(CCCOC2CCCCO2)c(=O)c2c1nc(-c1ccc(OC3CC(C)C3)nc1C)n2Cc1ccccc1. The number of rotatable bonds is 11. The average Bonchev–Trinajstić information content (AvgIpc) is 3.35. The third-order valence-electron chi connectivity index (χ3n) is 8.50. The van der Waals surface area contributed by atoms with E-state index in [9.17, 15) is 9.59 Å². The molecular formula is C33H41N5O5. The van der Waals surface area contributed by atoms with Gasteiger partial charge < -0.3 is 18.8 Å². The summed E-state index contributed by atoms with van der Waals surface area (Å²) in [5.41, 5.74) is 2.64. The summed E-state index contributed by atoms with van der Waals surface area (Å²) >= 11 is 0. The van der Waals surface area contributed by atoms with E-state index in [0.29, 0.717) is 61.5 Å². The Labute approximate surface area is 251 Å². The molecule has 1 saturated heterocycles. The second-order valence-electron chi connectivity index (χ2n) is 11.8. The maximum Gasteiger partial charge on any atom is 0.332 e. The molecule has 6 rings (SSSR count). The van der Waals surface area contributed by atoms with Gasteiger partial charge in [0.25, 0.3) is 5.56 Å². The van der Waals surface area contributed by atoms with E-state index in [0.717, 1.165) is 48.9 Å². The Balaban J connectivity index is 1.38. The molecule has 10 nitrogen and oxygen atoms in total. The van der Waals surface area contributed by atoms with Gasteiger partial charge in [0.15, 0.2) is 17.5 Å². The van der Waals surface area contributed by atoms with Gasteiger partial charge in [0.1, 0.15) is 11.9 Å². The Morgan fingerprint density at radius 2 is 1.81 bits per heavy atom. The van der Waals surface area contributed by atoms with E-state index in [2.05, 4.69) is 6.92 Å². The summed E-state index contributed by atoms with van der Waals surface area (Å²) in [6.07, 6.45) is 5.60. The summed E-state index contributed by atoms with van der Waals surface area (Å²) < 4.78 is 22.5. The first kappa shape index (κ1) is 29.3. The third-order valence-corrected chi connectivity index (χ3v) is 8.50. The highest BCUT2D eigenvalue weighted by molar-refractivity contribution is 5.78. The lowest BCUT2D eigenvalue weighted by Gasteiger charge is -2.32. The number of aryl methyl sites for hydroxylation is 2. The van der Waals surface area contributed by atoms with E-state index in [1.807, 2.05) is 60.9 Å². The van der Waals surface area contributed by atoms with Gasteiger partial charge in [-0.2, -0.15) is 0 Å². The van der Waals surface area contributed by atoms with E-state index in [1.165, 1.54) is 4.57 Å². The molecule has 1 aliphatic heterocycles. The van der Waals surface area contributed by atoms with Gasteiger partial charge in [0.05, 0.1) is 12.3 Å². The number of imidazole rings is 1. The molecule has 10 heteroatoms. The zero-order chi connectivity index (χ0) is 29.9. The number of fused-ring (bicyclic) bond motifs is 1. The van der Waals surface area contributed by atoms with Gasteiger partial charge in [-0.3, -0.25) is 13.9 Å². The van der Waals surface area contributed by atoms with Gasteiger partial charge in [-0.1, -0.05) is 37.3 Å². The zero-order valence-electron chi connectivity index (χ0n) is 25.3. The summed E-state index contributed by atoms with van der Waals surface area (Å²) in [6.45, 7) is 8.22. The van der Waals surface area contributed by atoms with Crippen molar-refractivity contribution in [3.05, 3.63) is 74.6 Å². The molecule has 4 heterocycles. The highest BCUT2D eigenvalue weighted by Gasteiger charge is 2.28. The highest BCUT2D eigenvalue weighted by atomic mass is 16.7. The van der Waals surface area contributed by atoms with E-state index in [4.69, 9.17) is 24.2 Å². The number of nitrogens with zero attached hydrogens (tertiary/aromatic N) is 5. The first-order valence-electron chi connectivity index (χ1n) is 15.6. The molecule has 0 amide bonds. The maximum absolute atomic E-state index is 14.1. The van der Waals surface area contributed by atoms with Crippen molar-refractivity contribution < 1.29 is 14.2 Å². The minimum absolute atomic E-state index is 0.202. The van der Waals surface area contributed by atoms with Gasteiger partial charge in [0.2, 0.25) is 5.88 Å². The third kappa shape index (κ3) is 6.17. The fourth-order valence-electron chi connectivity index (χ4n) is 6.11. The number of pyridine rings is 1. The van der Waals surface area contributed by atoms with Crippen molar-refractivity contribution in [2.45, 2.75) is 91.3 Å². The fourth-order valence-corrected chi connectivity index (χ4v) is 6.11. The number of aromatic nitrogens is 5. The van der Waals surface area contributed by atoms with Gasteiger partial charge in [-0.25, -0.2) is 14.8 Å². The molecular weight excluding hydrogens is 546 g/mol. The Hall–Kier alpha value is -3.76. The minimum Gasteiger partial charge on any atom is -0.474 e. The molecule has 2 fully saturated rings. The Kier molecular flexibility index (Phi) is 8.76. The highest BCUT2D eigenvalue weighted by Crippen LogP contribution is 2.32. The standard InChI is InChI=1S/C33H41N5O5/c1-4-36-31-29(32(39)37(33(36)40)16-10-18-42-28-13-8-9-17-41-28)38(21-24-11-6-5-7-12-24)30(35-31)26-14-15-27(34-23(26)3)43-25-19-22(2)20-25/h5-7,11-12,14-15,22,25,28H,4,8-10,13,16-21H2,1-3H3. The molecule has 4 aromatic rings. The van der Waals surface area contributed by atoms with Crippen molar-refractivity contribution in [3.8, 4) is 17.3 Å². The lowest BCUT2D eigenvalue weighted by Crippen LogP contribution is -2.40. The molecule has 228 valence electrons. The van der Waals surface area contributed by atoms with E-state index in [1.54, 1.807) is 4.57 Å². The predicted molar refractivity (Wildman–Crippen MR) is 164 cm³/mol. The van der Waals surface area contributed by atoms with Crippen LogP contribution < -0.4 is 16.0 Å². The largest absolute Gasteiger partial charge is 0.474 e. The van der Waals surface area contributed by atoms with Crippen molar-refractivity contribution in [2.24, 2.45) is 5.92 Å². The van der Waals surface area contributed by atoms with E-state index < -0.39 is 0 Å². The van der Waals surface area contributed by atoms with Crippen LogP contribution in [0.2, 0.25) is 0 Å². The smallest absolute Gasteiger partial charge is 0.332 e. The van der Waals surface area contributed by atoms with Crippen molar-refractivity contribution in [1.29, 1.82) is 0 Å². The molecule has 1 aliphatic carbocycles. The average molecular weight is 588 g/mol. The Bertz CT molecular complexity index is 1680. The fraction of sp³-hybridized carbons (Fsp3) is 0.515. The van der Waals surface area contributed by atoms with Gasteiger partial charge in [-0.15, -0.1) is 0 Å². The summed E-state index contributed by atoms with van der Waals surface area (Å²) in [6, 6.07) is 13.8. The first-order chi connectivity index (χ1) is 20.9. The molecule has 3 aromatic heterocycles. The first-order valence-corrected chi connectivity index (χ1v) is 15.6. The molecule has 2 aliphatic rings. The van der Waals surface area contributed by atoms with Crippen LogP contribution in [0, 0.1) is 12.8 Å². The molecule has 1 unspecified atom stereocenters. The summed E-state index contributed by atoms with van der Waals surface area (Å²) in [5, 5.41) is 0. The molecule has 0 radical (unpaired) electrons. The maximum atomic E-state index is 14.1. The monoisotopic (exact) mass is 587 g/mol. The number of hydrogen-bond acceptors (Lipinski definition) is 7. The van der Waals surface area contributed by atoms with E-state index in [-0.39, 0.29) is 30.2 Å². The van der Waals surface area contributed by atoms with Crippen LogP contribution in [0.15, 0.2) is 52.1 Å².